The lowest BCUT2D eigenvalue weighted by molar-refractivity contribution is 0.934. The minimum Gasteiger partial charge on any atom is -0.370 e. The first-order chi connectivity index (χ1) is 8.42. The minimum atomic E-state index is 0.867. The number of nitrogens with zero attached hydrogens (tertiary/aromatic N) is 3. The monoisotopic (exact) mass is 244 g/mol. The fourth-order valence-corrected chi connectivity index (χ4v) is 2.39. The van der Waals surface area contributed by atoms with Gasteiger partial charge in [-0.15, -0.1) is 11.3 Å². The Labute approximate surface area is 103 Å². The molecule has 3 aromatic rings. The summed E-state index contributed by atoms with van der Waals surface area (Å²) in [6.07, 6.45) is 4.69. The maximum Gasteiger partial charge on any atom is 0.157 e. The molecule has 0 atom stereocenters. The minimum absolute atomic E-state index is 0.867. The van der Waals surface area contributed by atoms with E-state index in [4.69, 9.17) is 0 Å². The molecule has 0 amide bonds. The van der Waals surface area contributed by atoms with Crippen molar-refractivity contribution in [2.45, 2.75) is 6.42 Å². The topological polar surface area (TPSA) is 42.2 Å². The lowest BCUT2D eigenvalue weighted by atomic mass is 10.3. The molecule has 0 aliphatic rings. The molecule has 0 aromatic carbocycles. The number of fused-ring (bicyclic) bond motifs is 1. The first-order valence-corrected chi connectivity index (χ1v) is 6.36. The molecular formula is C12H12N4S. The molecule has 0 fully saturated rings. The first-order valence-electron chi connectivity index (χ1n) is 5.48. The quantitative estimate of drug-likeness (QED) is 0.766. The molecule has 0 radical (unpaired) electrons. The highest BCUT2D eigenvalue weighted by atomic mass is 32.1. The Kier molecular flexibility index (Phi) is 2.75. The summed E-state index contributed by atoms with van der Waals surface area (Å²) in [5.41, 5.74) is 0.867. The maximum absolute atomic E-state index is 4.45. The van der Waals surface area contributed by atoms with E-state index < -0.39 is 0 Å². The molecule has 0 unspecified atom stereocenters. The van der Waals surface area contributed by atoms with Crippen LogP contribution in [-0.2, 0) is 6.42 Å². The van der Waals surface area contributed by atoms with Crippen LogP contribution in [0.25, 0.3) is 5.65 Å². The van der Waals surface area contributed by atoms with Crippen LogP contribution in [0.4, 0.5) is 5.82 Å². The van der Waals surface area contributed by atoms with Crippen molar-refractivity contribution in [2.24, 2.45) is 0 Å². The third-order valence-electron chi connectivity index (χ3n) is 2.52. The summed E-state index contributed by atoms with van der Waals surface area (Å²) in [6, 6.07) is 8.06. The Morgan fingerprint density at radius 3 is 3.18 bits per heavy atom. The van der Waals surface area contributed by atoms with Gasteiger partial charge in [-0.1, -0.05) is 6.07 Å². The number of aromatic nitrogens is 3. The average Bonchev–Trinajstić information content (AvgIpc) is 2.98. The van der Waals surface area contributed by atoms with Gasteiger partial charge in [0.1, 0.15) is 5.82 Å². The van der Waals surface area contributed by atoms with Crippen molar-refractivity contribution >= 4 is 22.8 Å². The van der Waals surface area contributed by atoms with Crippen molar-refractivity contribution < 1.29 is 0 Å². The van der Waals surface area contributed by atoms with Gasteiger partial charge in [0.2, 0.25) is 0 Å². The maximum atomic E-state index is 4.45. The summed E-state index contributed by atoms with van der Waals surface area (Å²) in [5, 5.41) is 9.53. The Morgan fingerprint density at radius 1 is 1.29 bits per heavy atom. The zero-order valence-corrected chi connectivity index (χ0v) is 10.0. The standard InChI is InChI=1S/C12H12N4S/c1-2-10(17-9-1)3-6-13-11-5-8-16-12(15-11)4-7-14-16/h1-2,4-5,7-9H,3,6H2,(H,13,15). The van der Waals surface area contributed by atoms with E-state index in [-0.39, 0.29) is 0 Å². The zero-order valence-electron chi connectivity index (χ0n) is 9.21. The zero-order chi connectivity index (χ0) is 11.5. The van der Waals surface area contributed by atoms with Crippen LogP contribution in [0.1, 0.15) is 4.88 Å². The third kappa shape index (κ3) is 2.29. The van der Waals surface area contributed by atoms with E-state index in [1.54, 1.807) is 22.0 Å². The number of thiophene rings is 1. The molecule has 3 heterocycles. The molecule has 1 N–H and O–H groups in total. The molecule has 17 heavy (non-hydrogen) atoms. The van der Waals surface area contributed by atoms with Crippen LogP contribution in [0.2, 0.25) is 0 Å². The highest BCUT2D eigenvalue weighted by molar-refractivity contribution is 7.09. The van der Waals surface area contributed by atoms with Crippen molar-refractivity contribution in [2.75, 3.05) is 11.9 Å². The van der Waals surface area contributed by atoms with Gasteiger partial charge in [0.05, 0.1) is 6.20 Å². The van der Waals surface area contributed by atoms with E-state index in [0.717, 1.165) is 24.4 Å². The number of nitrogens with one attached hydrogen (secondary N) is 1. The van der Waals surface area contributed by atoms with Gasteiger partial charge in [-0.3, -0.25) is 0 Å². The summed E-state index contributed by atoms with van der Waals surface area (Å²) in [4.78, 5) is 5.84. The van der Waals surface area contributed by atoms with E-state index in [1.807, 2.05) is 18.3 Å². The fraction of sp³-hybridized carbons (Fsp3) is 0.167. The highest BCUT2D eigenvalue weighted by Crippen LogP contribution is 2.10. The second kappa shape index (κ2) is 4.55. The smallest absolute Gasteiger partial charge is 0.157 e. The van der Waals surface area contributed by atoms with Crippen molar-refractivity contribution in [1.82, 2.24) is 14.6 Å². The van der Waals surface area contributed by atoms with Crippen LogP contribution in [0.3, 0.4) is 0 Å². The molecule has 0 bridgehead atoms. The Balaban J connectivity index is 1.64. The lowest BCUT2D eigenvalue weighted by Crippen LogP contribution is -2.06. The summed E-state index contributed by atoms with van der Waals surface area (Å²) in [7, 11) is 0. The number of anilines is 1. The fourth-order valence-electron chi connectivity index (χ4n) is 1.68. The molecule has 4 nitrogen and oxygen atoms in total. The molecule has 0 aliphatic carbocycles. The SMILES string of the molecule is c1csc(CCNc2ccn3nccc3n2)c1. The molecule has 0 saturated heterocycles. The van der Waals surface area contributed by atoms with Gasteiger partial charge in [-0.2, -0.15) is 5.10 Å². The van der Waals surface area contributed by atoms with Crippen LogP contribution < -0.4 is 5.32 Å². The van der Waals surface area contributed by atoms with Crippen LogP contribution in [-0.4, -0.2) is 21.1 Å². The Morgan fingerprint density at radius 2 is 2.29 bits per heavy atom. The van der Waals surface area contributed by atoms with E-state index in [1.165, 1.54) is 4.88 Å². The van der Waals surface area contributed by atoms with Crippen LogP contribution in [0.5, 0.6) is 0 Å². The van der Waals surface area contributed by atoms with Crippen molar-refractivity contribution in [3.63, 3.8) is 0 Å². The van der Waals surface area contributed by atoms with Gasteiger partial charge < -0.3 is 5.32 Å². The first kappa shape index (κ1) is 10.3. The molecule has 86 valence electrons. The van der Waals surface area contributed by atoms with Crippen molar-refractivity contribution in [3.8, 4) is 0 Å². The molecule has 3 aromatic heterocycles. The van der Waals surface area contributed by atoms with E-state index in [9.17, 15) is 0 Å². The molecule has 0 aliphatic heterocycles. The van der Waals surface area contributed by atoms with Gasteiger partial charge >= 0.3 is 0 Å². The number of rotatable bonds is 4. The van der Waals surface area contributed by atoms with Crippen LogP contribution in [0, 0.1) is 0 Å². The molecule has 5 heteroatoms. The summed E-state index contributed by atoms with van der Waals surface area (Å²) < 4.78 is 1.75. The second-order valence-electron chi connectivity index (χ2n) is 3.70. The number of hydrogen-bond donors (Lipinski definition) is 1. The Bertz CT molecular complexity index is 600. The average molecular weight is 244 g/mol. The van der Waals surface area contributed by atoms with Gasteiger partial charge in [0, 0.05) is 23.7 Å². The number of hydrogen-bond acceptors (Lipinski definition) is 4. The predicted molar refractivity (Wildman–Crippen MR) is 69.5 cm³/mol. The van der Waals surface area contributed by atoms with Crippen molar-refractivity contribution in [3.05, 3.63) is 46.9 Å². The third-order valence-corrected chi connectivity index (χ3v) is 3.45. The van der Waals surface area contributed by atoms with E-state index in [0.29, 0.717) is 0 Å². The van der Waals surface area contributed by atoms with Gasteiger partial charge in [0.25, 0.3) is 0 Å². The van der Waals surface area contributed by atoms with E-state index in [2.05, 4.69) is 32.9 Å². The largest absolute Gasteiger partial charge is 0.370 e. The van der Waals surface area contributed by atoms with E-state index >= 15 is 0 Å². The normalized spacial score (nSPS) is 10.8. The lowest BCUT2D eigenvalue weighted by Gasteiger charge is -2.04. The summed E-state index contributed by atoms with van der Waals surface area (Å²) in [6.45, 7) is 0.901. The molecule has 3 rings (SSSR count). The summed E-state index contributed by atoms with van der Waals surface area (Å²) >= 11 is 1.79. The summed E-state index contributed by atoms with van der Waals surface area (Å²) in [5.74, 6) is 0.898. The predicted octanol–water partition coefficient (Wildman–Crippen LogP) is 2.45. The molecular weight excluding hydrogens is 232 g/mol. The molecule has 0 spiro atoms. The highest BCUT2D eigenvalue weighted by Gasteiger charge is 1.98. The van der Waals surface area contributed by atoms with Crippen LogP contribution in [0.15, 0.2) is 42.0 Å². The van der Waals surface area contributed by atoms with Crippen LogP contribution >= 0.6 is 11.3 Å². The Hall–Kier alpha value is -1.88. The second-order valence-corrected chi connectivity index (χ2v) is 4.74. The molecule has 0 saturated carbocycles. The van der Waals surface area contributed by atoms with Gasteiger partial charge in [0.15, 0.2) is 5.65 Å². The van der Waals surface area contributed by atoms with Gasteiger partial charge in [-0.05, 0) is 23.9 Å². The van der Waals surface area contributed by atoms with Crippen molar-refractivity contribution in [1.29, 1.82) is 0 Å². The van der Waals surface area contributed by atoms with Gasteiger partial charge in [-0.25, -0.2) is 9.50 Å².